The molecule has 2 atom stereocenters. The highest BCUT2D eigenvalue weighted by molar-refractivity contribution is 6.31. The van der Waals surface area contributed by atoms with Gasteiger partial charge in [0.15, 0.2) is 0 Å². The van der Waals surface area contributed by atoms with Gasteiger partial charge in [-0.3, -0.25) is 4.79 Å². The number of hydrogen-bond acceptors (Lipinski definition) is 3. The molecule has 0 aromatic heterocycles. The monoisotopic (exact) mass is 424 g/mol. The van der Waals surface area contributed by atoms with E-state index in [1.807, 2.05) is 6.07 Å². The first kappa shape index (κ1) is 20.0. The van der Waals surface area contributed by atoms with E-state index >= 15 is 0 Å². The highest BCUT2D eigenvalue weighted by Crippen LogP contribution is 2.48. The third-order valence-electron chi connectivity index (χ3n) is 5.36. The molecular formula is C21H20ClF3N2O2. The number of ether oxygens (including phenoxy) is 1. The minimum atomic E-state index is -4.36. The summed E-state index contributed by atoms with van der Waals surface area (Å²) in [6.45, 7) is 2.69. The van der Waals surface area contributed by atoms with Crippen molar-refractivity contribution in [2.24, 2.45) is 5.92 Å². The second-order valence-electron chi connectivity index (χ2n) is 7.32. The summed E-state index contributed by atoms with van der Waals surface area (Å²) < 4.78 is 43.5. The zero-order valence-electron chi connectivity index (χ0n) is 15.5. The van der Waals surface area contributed by atoms with Crippen LogP contribution in [0.5, 0.6) is 0 Å². The lowest BCUT2D eigenvalue weighted by atomic mass is 10.1. The lowest BCUT2D eigenvalue weighted by Crippen LogP contribution is -2.36. The summed E-state index contributed by atoms with van der Waals surface area (Å²) in [5.74, 6) is -0.474. The Balaban J connectivity index is 1.45. The normalized spacial score (nSPS) is 21.7. The Hall–Kier alpha value is -2.25. The second-order valence-corrected chi connectivity index (χ2v) is 7.76. The number of nitrogens with zero attached hydrogens (tertiary/aromatic N) is 1. The number of amides is 1. The van der Waals surface area contributed by atoms with E-state index in [0.29, 0.717) is 30.3 Å². The van der Waals surface area contributed by atoms with Crippen molar-refractivity contribution in [3.8, 4) is 0 Å². The second kappa shape index (κ2) is 7.88. The molecule has 1 N–H and O–H groups in total. The molecular weight excluding hydrogens is 405 g/mol. The highest BCUT2D eigenvalue weighted by atomic mass is 35.5. The van der Waals surface area contributed by atoms with Crippen LogP contribution in [-0.4, -0.2) is 32.2 Å². The van der Waals surface area contributed by atoms with Gasteiger partial charge in [0.25, 0.3) is 0 Å². The predicted molar refractivity (Wildman–Crippen MR) is 105 cm³/mol. The van der Waals surface area contributed by atoms with Crippen LogP contribution >= 0.6 is 11.6 Å². The zero-order chi connectivity index (χ0) is 20.6. The summed E-state index contributed by atoms with van der Waals surface area (Å²) in [5, 5.41) is 3.48. The van der Waals surface area contributed by atoms with Gasteiger partial charge >= 0.3 is 6.18 Å². The molecule has 1 amide bonds. The molecule has 2 aromatic rings. The minimum Gasteiger partial charge on any atom is -0.378 e. The third-order valence-corrected chi connectivity index (χ3v) is 5.60. The van der Waals surface area contributed by atoms with Gasteiger partial charge in [0.1, 0.15) is 0 Å². The Bertz CT molecular complexity index is 896. The number of hydrogen-bond donors (Lipinski definition) is 1. The molecule has 1 aliphatic heterocycles. The maximum atomic E-state index is 12.8. The van der Waals surface area contributed by atoms with Crippen LogP contribution in [0, 0.1) is 5.92 Å². The predicted octanol–water partition coefficient (Wildman–Crippen LogP) is 4.94. The molecule has 0 radical (unpaired) electrons. The number of alkyl halides is 3. The summed E-state index contributed by atoms with van der Waals surface area (Å²) in [6, 6.07) is 10.4. The molecule has 2 unspecified atom stereocenters. The van der Waals surface area contributed by atoms with Crippen molar-refractivity contribution in [2.75, 3.05) is 36.5 Å². The van der Waals surface area contributed by atoms with Crippen molar-refractivity contribution >= 4 is 28.9 Å². The van der Waals surface area contributed by atoms with Gasteiger partial charge in [-0.1, -0.05) is 23.7 Å². The molecule has 1 heterocycles. The van der Waals surface area contributed by atoms with Gasteiger partial charge in [0.05, 0.1) is 30.2 Å². The van der Waals surface area contributed by atoms with Crippen molar-refractivity contribution in [3.63, 3.8) is 0 Å². The van der Waals surface area contributed by atoms with Gasteiger partial charge < -0.3 is 15.0 Å². The summed E-state index contributed by atoms with van der Waals surface area (Å²) in [7, 11) is 0. The molecule has 4 rings (SSSR count). The van der Waals surface area contributed by atoms with Crippen LogP contribution in [0.1, 0.15) is 23.5 Å². The Kier molecular flexibility index (Phi) is 5.44. The van der Waals surface area contributed by atoms with Crippen LogP contribution in [-0.2, 0) is 15.7 Å². The van der Waals surface area contributed by atoms with E-state index in [-0.39, 0.29) is 17.7 Å². The first-order valence-electron chi connectivity index (χ1n) is 9.43. The number of benzene rings is 2. The number of morpholine rings is 1. The Morgan fingerprint density at radius 3 is 2.45 bits per heavy atom. The van der Waals surface area contributed by atoms with E-state index in [2.05, 4.69) is 10.2 Å². The minimum absolute atomic E-state index is 0.0664. The SMILES string of the molecule is O=C(Nc1cc(Cl)ccc1N1CCOCC1)C1CC1c1ccc(C(F)(F)F)cc1. The van der Waals surface area contributed by atoms with Gasteiger partial charge in [-0.05, 0) is 48.2 Å². The Labute approximate surface area is 171 Å². The Morgan fingerprint density at radius 2 is 1.79 bits per heavy atom. The lowest BCUT2D eigenvalue weighted by molar-refractivity contribution is -0.137. The average molecular weight is 425 g/mol. The fourth-order valence-electron chi connectivity index (χ4n) is 3.69. The zero-order valence-corrected chi connectivity index (χ0v) is 16.3. The highest BCUT2D eigenvalue weighted by Gasteiger charge is 2.44. The summed E-state index contributed by atoms with van der Waals surface area (Å²) in [4.78, 5) is 14.9. The molecule has 1 saturated carbocycles. The topological polar surface area (TPSA) is 41.6 Å². The molecule has 2 aliphatic rings. The quantitative estimate of drug-likeness (QED) is 0.756. The maximum Gasteiger partial charge on any atom is 0.416 e. The summed E-state index contributed by atoms with van der Waals surface area (Å²) in [6.07, 6.45) is -3.74. The van der Waals surface area contributed by atoms with E-state index in [9.17, 15) is 18.0 Å². The number of halogens is 4. The van der Waals surface area contributed by atoms with E-state index in [4.69, 9.17) is 16.3 Å². The number of anilines is 2. The summed E-state index contributed by atoms with van der Waals surface area (Å²) >= 11 is 6.12. The van der Waals surface area contributed by atoms with Crippen molar-refractivity contribution < 1.29 is 22.7 Å². The van der Waals surface area contributed by atoms with Crippen molar-refractivity contribution in [3.05, 3.63) is 58.6 Å². The maximum absolute atomic E-state index is 12.8. The molecule has 0 spiro atoms. The molecule has 8 heteroatoms. The van der Waals surface area contributed by atoms with E-state index in [1.54, 1.807) is 12.1 Å². The molecule has 1 saturated heterocycles. The van der Waals surface area contributed by atoms with Crippen LogP contribution in [0.4, 0.5) is 24.5 Å². The fourth-order valence-corrected chi connectivity index (χ4v) is 3.86. The van der Waals surface area contributed by atoms with Gasteiger partial charge in [0.2, 0.25) is 5.91 Å². The van der Waals surface area contributed by atoms with Gasteiger partial charge in [0, 0.05) is 24.0 Å². The molecule has 1 aliphatic carbocycles. The molecule has 0 bridgehead atoms. The van der Waals surface area contributed by atoms with Crippen molar-refractivity contribution in [2.45, 2.75) is 18.5 Å². The standard InChI is InChI=1S/C21H20ClF3N2O2/c22-15-5-6-19(27-7-9-29-10-8-27)18(11-15)26-20(28)17-12-16(17)13-1-3-14(4-2-13)21(23,24)25/h1-6,11,16-17H,7-10,12H2,(H,26,28). The number of rotatable bonds is 4. The van der Waals surface area contributed by atoms with Crippen LogP contribution in [0.25, 0.3) is 0 Å². The molecule has 154 valence electrons. The smallest absolute Gasteiger partial charge is 0.378 e. The number of carbonyl (C=O) groups is 1. The molecule has 2 aromatic carbocycles. The Morgan fingerprint density at radius 1 is 1.10 bits per heavy atom. The van der Waals surface area contributed by atoms with Crippen LogP contribution in [0.3, 0.4) is 0 Å². The average Bonchev–Trinajstić information content (AvgIpc) is 3.49. The summed E-state index contributed by atoms with van der Waals surface area (Å²) in [5.41, 5.74) is 1.59. The van der Waals surface area contributed by atoms with Crippen LogP contribution < -0.4 is 10.2 Å². The van der Waals surface area contributed by atoms with Crippen molar-refractivity contribution in [1.29, 1.82) is 0 Å². The van der Waals surface area contributed by atoms with Gasteiger partial charge in [-0.2, -0.15) is 13.2 Å². The van der Waals surface area contributed by atoms with E-state index in [1.165, 1.54) is 12.1 Å². The number of carbonyl (C=O) groups excluding carboxylic acids is 1. The largest absolute Gasteiger partial charge is 0.416 e. The fraction of sp³-hybridized carbons (Fsp3) is 0.381. The van der Waals surface area contributed by atoms with Crippen LogP contribution in [0.2, 0.25) is 5.02 Å². The molecule has 29 heavy (non-hydrogen) atoms. The third kappa shape index (κ3) is 4.51. The molecule has 2 fully saturated rings. The first-order chi connectivity index (χ1) is 13.8. The van der Waals surface area contributed by atoms with Crippen LogP contribution in [0.15, 0.2) is 42.5 Å². The molecule has 4 nitrogen and oxygen atoms in total. The van der Waals surface area contributed by atoms with Gasteiger partial charge in [-0.25, -0.2) is 0 Å². The number of nitrogens with one attached hydrogen (secondary N) is 1. The van der Waals surface area contributed by atoms with Gasteiger partial charge in [-0.15, -0.1) is 0 Å². The van der Waals surface area contributed by atoms with E-state index < -0.39 is 11.7 Å². The van der Waals surface area contributed by atoms with E-state index in [0.717, 1.165) is 36.5 Å². The lowest BCUT2D eigenvalue weighted by Gasteiger charge is -2.30. The van der Waals surface area contributed by atoms with Crippen molar-refractivity contribution in [1.82, 2.24) is 0 Å². The first-order valence-corrected chi connectivity index (χ1v) is 9.81.